The van der Waals surface area contributed by atoms with Crippen molar-refractivity contribution in [2.75, 3.05) is 12.0 Å². The Bertz CT molecular complexity index is 1640. The zero-order valence-corrected chi connectivity index (χ0v) is 26.9. The van der Waals surface area contributed by atoms with E-state index in [2.05, 4.69) is 15.9 Å². The molecule has 2 N–H and O–H groups in total. The van der Waals surface area contributed by atoms with Gasteiger partial charge in [0, 0.05) is 30.5 Å². The van der Waals surface area contributed by atoms with Crippen LogP contribution in [0, 0.1) is 17.8 Å². The third kappa shape index (κ3) is 4.85. The highest BCUT2D eigenvalue weighted by Gasteiger charge is 2.76. The quantitative estimate of drug-likeness (QED) is 0.167. The number of nitrogens with zero attached hydrogens (tertiary/aromatic N) is 2. The number of fused-ring (bicyclic) bond motifs is 4. The normalized spacial score (nSPS) is 30.6. The van der Waals surface area contributed by atoms with Gasteiger partial charge in [-0.25, -0.2) is 0 Å². The average molecular weight is 720 g/mol. The lowest BCUT2D eigenvalue weighted by Gasteiger charge is -2.50. The number of ether oxygens (including phenoxy) is 1. The molecule has 3 fully saturated rings. The predicted octanol–water partition coefficient (Wildman–Crippen LogP) is 4.55. The van der Waals surface area contributed by atoms with Crippen molar-refractivity contribution < 1.29 is 38.9 Å². The van der Waals surface area contributed by atoms with Gasteiger partial charge in [-0.15, -0.1) is 23.2 Å². The SMILES string of the molecule is O=C(O)CCCN1C(=O)C2CC=C3C(CC4(Cl)C(=O)N(CBr)C(=O)C4(Cl)C3c3ccc(OCc4ccccc4)cc3O)C2C1=O. The monoisotopic (exact) mass is 718 g/mol. The van der Waals surface area contributed by atoms with Gasteiger partial charge in [0.25, 0.3) is 11.8 Å². The van der Waals surface area contributed by atoms with Gasteiger partial charge in [0.05, 0.1) is 17.3 Å². The van der Waals surface area contributed by atoms with Gasteiger partial charge < -0.3 is 14.9 Å². The number of imide groups is 2. The molecule has 0 spiro atoms. The van der Waals surface area contributed by atoms with E-state index in [1.54, 1.807) is 18.2 Å². The van der Waals surface area contributed by atoms with E-state index in [-0.39, 0.29) is 55.6 Å². The number of rotatable bonds is 9. The third-order valence-corrected chi connectivity index (χ3v) is 11.4. The van der Waals surface area contributed by atoms with Crippen molar-refractivity contribution in [1.82, 2.24) is 9.80 Å². The highest BCUT2D eigenvalue weighted by atomic mass is 79.9. The molecule has 1 saturated carbocycles. The van der Waals surface area contributed by atoms with Gasteiger partial charge in [0.15, 0.2) is 9.75 Å². The maximum atomic E-state index is 13.9. The molecule has 2 aromatic carbocycles. The summed E-state index contributed by atoms with van der Waals surface area (Å²) in [6.45, 7) is 0.198. The van der Waals surface area contributed by atoms with Crippen LogP contribution in [-0.4, -0.2) is 71.4 Å². The van der Waals surface area contributed by atoms with E-state index >= 15 is 0 Å². The first-order valence-electron chi connectivity index (χ1n) is 14.5. The minimum absolute atomic E-state index is 0.0477. The molecule has 2 aliphatic heterocycles. The number of aliphatic carboxylic acids is 1. The van der Waals surface area contributed by atoms with Crippen molar-refractivity contribution in [3.05, 3.63) is 71.3 Å². The van der Waals surface area contributed by atoms with Crippen LogP contribution in [0.3, 0.4) is 0 Å². The standard InChI is InChI=1S/C32H29BrCl2N2O8/c33-16-37-29(43)31(34)14-22-19(10-11-21-25(22)28(42)36(27(21)41)12-4-7-24(39)40)26(32(31,35)30(37)44)20-9-8-18(13-23(20)38)45-15-17-5-2-1-3-6-17/h1-3,5-6,8-10,13,21-22,25-26,38H,4,7,11-12,14-16H2,(H,39,40). The number of hydrogen-bond donors (Lipinski definition) is 2. The Kier molecular flexibility index (Phi) is 8.24. The fourth-order valence-corrected chi connectivity index (χ4v) is 8.79. The minimum atomic E-state index is -2.05. The van der Waals surface area contributed by atoms with E-state index in [4.69, 9.17) is 33.0 Å². The second-order valence-corrected chi connectivity index (χ2v) is 13.5. The Morgan fingerprint density at radius 1 is 1.00 bits per heavy atom. The summed E-state index contributed by atoms with van der Waals surface area (Å²) in [6.07, 6.45) is 1.65. The number of benzene rings is 2. The molecule has 6 atom stereocenters. The van der Waals surface area contributed by atoms with Crippen LogP contribution in [0.25, 0.3) is 0 Å². The molecule has 6 unspecified atom stereocenters. The molecule has 4 amide bonds. The molecule has 2 saturated heterocycles. The number of hydrogen-bond acceptors (Lipinski definition) is 7. The lowest BCUT2D eigenvalue weighted by molar-refractivity contribution is -0.142. The van der Waals surface area contributed by atoms with Crippen LogP contribution in [0.4, 0.5) is 0 Å². The highest BCUT2D eigenvalue weighted by Crippen LogP contribution is 2.66. The number of carbonyl (C=O) groups excluding carboxylic acids is 4. The second kappa shape index (κ2) is 11.7. The summed E-state index contributed by atoms with van der Waals surface area (Å²) < 4.78 is 5.87. The molecule has 4 aliphatic rings. The topological polar surface area (TPSA) is 142 Å². The van der Waals surface area contributed by atoms with Crippen LogP contribution >= 0.6 is 39.1 Å². The summed E-state index contributed by atoms with van der Waals surface area (Å²) in [5, 5.41) is 20.4. The molecule has 10 nitrogen and oxygen atoms in total. The number of alkyl halides is 3. The lowest BCUT2D eigenvalue weighted by atomic mass is 9.56. The number of carboxylic acid groups (broad SMARTS) is 1. The molecule has 236 valence electrons. The Hall–Kier alpha value is -3.41. The first kappa shape index (κ1) is 31.6. The fraction of sp³-hybridized carbons (Fsp3) is 0.406. The van der Waals surface area contributed by atoms with E-state index in [0.717, 1.165) is 15.4 Å². The Balaban J connectivity index is 1.40. The lowest BCUT2D eigenvalue weighted by Crippen LogP contribution is -2.60. The minimum Gasteiger partial charge on any atom is -0.508 e. The van der Waals surface area contributed by atoms with Crippen molar-refractivity contribution in [1.29, 1.82) is 0 Å². The summed E-state index contributed by atoms with van der Waals surface area (Å²) >= 11 is 17.6. The summed E-state index contributed by atoms with van der Waals surface area (Å²) in [5.41, 5.74) is 1.52. The van der Waals surface area contributed by atoms with Crippen LogP contribution in [0.1, 0.15) is 42.7 Å². The van der Waals surface area contributed by atoms with E-state index in [1.807, 2.05) is 30.3 Å². The number of carboxylic acids is 1. The largest absolute Gasteiger partial charge is 0.508 e. The van der Waals surface area contributed by atoms with Gasteiger partial charge in [-0.1, -0.05) is 64.0 Å². The van der Waals surface area contributed by atoms with Crippen LogP contribution in [0.2, 0.25) is 0 Å². The predicted molar refractivity (Wildman–Crippen MR) is 166 cm³/mol. The highest BCUT2D eigenvalue weighted by molar-refractivity contribution is 9.09. The molecule has 2 heterocycles. The van der Waals surface area contributed by atoms with Crippen LogP contribution in [-0.2, 0) is 30.6 Å². The second-order valence-electron chi connectivity index (χ2n) is 11.8. The van der Waals surface area contributed by atoms with Gasteiger partial charge in [0.1, 0.15) is 18.1 Å². The van der Waals surface area contributed by atoms with Gasteiger partial charge in [-0.3, -0.25) is 33.8 Å². The van der Waals surface area contributed by atoms with E-state index < -0.39 is 63.0 Å². The van der Waals surface area contributed by atoms with Gasteiger partial charge in [-0.2, -0.15) is 0 Å². The molecular weight excluding hydrogens is 691 g/mol. The number of phenolic OH excluding ortho intramolecular Hbond substituents is 1. The number of carbonyl (C=O) groups is 5. The number of aromatic hydroxyl groups is 1. The zero-order chi connectivity index (χ0) is 32.3. The summed E-state index contributed by atoms with van der Waals surface area (Å²) in [7, 11) is 0. The van der Waals surface area contributed by atoms with Gasteiger partial charge in [0.2, 0.25) is 11.8 Å². The zero-order valence-electron chi connectivity index (χ0n) is 23.8. The summed E-state index contributed by atoms with van der Waals surface area (Å²) in [5.74, 6) is -6.77. The van der Waals surface area contributed by atoms with E-state index in [0.29, 0.717) is 11.3 Å². The van der Waals surface area contributed by atoms with Crippen molar-refractivity contribution in [3.8, 4) is 11.5 Å². The Morgan fingerprint density at radius 3 is 2.40 bits per heavy atom. The smallest absolute Gasteiger partial charge is 0.303 e. The van der Waals surface area contributed by atoms with Crippen LogP contribution in [0.5, 0.6) is 11.5 Å². The maximum absolute atomic E-state index is 13.9. The van der Waals surface area contributed by atoms with Crippen molar-refractivity contribution in [2.24, 2.45) is 17.8 Å². The molecule has 0 radical (unpaired) electrons. The molecule has 45 heavy (non-hydrogen) atoms. The number of likely N-dealkylation sites (tertiary alicyclic amines) is 2. The number of amides is 4. The Morgan fingerprint density at radius 2 is 1.73 bits per heavy atom. The number of allylic oxidation sites excluding steroid dienone is 2. The molecule has 6 rings (SSSR count). The molecule has 2 aliphatic carbocycles. The Labute approximate surface area is 277 Å². The van der Waals surface area contributed by atoms with Gasteiger partial charge >= 0.3 is 5.97 Å². The number of halogens is 3. The molecule has 2 aromatic rings. The van der Waals surface area contributed by atoms with E-state index in [9.17, 15) is 29.1 Å². The number of phenols is 1. The average Bonchev–Trinajstić information content (AvgIpc) is 3.34. The van der Waals surface area contributed by atoms with Crippen molar-refractivity contribution in [2.45, 2.75) is 48.0 Å². The first-order valence-corrected chi connectivity index (χ1v) is 16.4. The third-order valence-electron chi connectivity index (χ3n) is 9.44. The van der Waals surface area contributed by atoms with Crippen molar-refractivity contribution in [3.63, 3.8) is 0 Å². The van der Waals surface area contributed by atoms with Crippen LogP contribution in [0.15, 0.2) is 60.2 Å². The molecule has 0 aromatic heterocycles. The molecule has 0 bridgehead atoms. The maximum Gasteiger partial charge on any atom is 0.303 e. The first-order chi connectivity index (χ1) is 21.4. The van der Waals surface area contributed by atoms with E-state index in [1.165, 1.54) is 6.07 Å². The van der Waals surface area contributed by atoms with Crippen LogP contribution < -0.4 is 4.74 Å². The molecule has 13 heteroatoms. The summed E-state index contributed by atoms with van der Waals surface area (Å²) in [4.78, 5) is 63.9. The molecular formula is C32H29BrCl2N2O8. The van der Waals surface area contributed by atoms with Gasteiger partial charge in [-0.05, 0) is 36.8 Å². The summed E-state index contributed by atoms with van der Waals surface area (Å²) in [6, 6.07) is 14.1. The fourth-order valence-electron chi connectivity index (χ4n) is 7.37. The van der Waals surface area contributed by atoms with Crippen molar-refractivity contribution >= 4 is 68.7 Å².